The van der Waals surface area contributed by atoms with Crippen molar-refractivity contribution in [2.45, 2.75) is 33.0 Å². The van der Waals surface area contributed by atoms with Crippen molar-refractivity contribution in [3.63, 3.8) is 0 Å². The third-order valence-corrected chi connectivity index (χ3v) is 2.80. The van der Waals surface area contributed by atoms with Crippen molar-refractivity contribution in [3.8, 4) is 5.75 Å². The fraction of sp³-hybridized carbons (Fsp3) is 0.600. The van der Waals surface area contributed by atoms with Crippen molar-refractivity contribution in [2.75, 3.05) is 26.4 Å². The summed E-state index contributed by atoms with van der Waals surface area (Å²) in [6.45, 7) is 4.70. The van der Waals surface area contributed by atoms with E-state index >= 15 is 0 Å². The lowest BCUT2D eigenvalue weighted by atomic mass is 10.1. The smallest absolute Gasteiger partial charge is 0.411 e. The number of hydrogen-bond acceptors (Lipinski definition) is 3. The van der Waals surface area contributed by atoms with Crippen LogP contribution in [0, 0.1) is 6.92 Å². The van der Waals surface area contributed by atoms with Crippen molar-refractivity contribution < 1.29 is 22.6 Å². The van der Waals surface area contributed by atoms with Gasteiger partial charge in [-0.15, -0.1) is 0 Å². The molecule has 3 nitrogen and oxygen atoms in total. The van der Waals surface area contributed by atoms with E-state index < -0.39 is 12.8 Å². The molecule has 0 saturated heterocycles. The van der Waals surface area contributed by atoms with Crippen LogP contribution >= 0.6 is 0 Å². The Morgan fingerprint density at radius 3 is 2.62 bits per heavy atom. The van der Waals surface area contributed by atoms with Crippen molar-refractivity contribution >= 4 is 0 Å². The molecule has 0 heterocycles. The monoisotopic (exact) mass is 305 g/mol. The number of benzene rings is 1. The molecule has 120 valence electrons. The average Bonchev–Trinajstić information content (AvgIpc) is 2.41. The van der Waals surface area contributed by atoms with Crippen molar-refractivity contribution in [1.82, 2.24) is 5.32 Å². The zero-order valence-electron chi connectivity index (χ0n) is 12.4. The summed E-state index contributed by atoms with van der Waals surface area (Å²) in [5, 5.41) is 3.23. The first-order chi connectivity index (χ1) is 9.94. The normalized spacial score (nSPS) is 11.7. The van der Waals surface area contributed by atoms with Gasteiger partial charge in [-0.3, -0.25) is 0 Å². The van der Waals surface area contributed by atoms with Gasteiger partial charge in [-0.2, -0.15) is 13.2 Å². The molecule has 0 bridgehead atoms. The fourth-order valence-corrected chi connectivity index (χ4v) is 1.84. The first-order valence-electron chi connectivity index (χ1n) is 7.00. The van der Waals surface area contributed by atoms with Crippen LogP contribution in [-0.4, -0.2) is 32.5 Å². The number of ether oxygens (including phenoxy) is 2. The summed E-state index contributed by atoms with van der Waals surface area (Å²) in [6.07, 6.45) is -3.85. The molecule has 1 aromatic rings. The third-order valence-electron chi connectivity index (χ3n) is 2.80. The van der Waals surface area contributed by atoms with Gasteiger partial charge in [0, 0.05) is 18.5 Å². The van der Waals surface area contributed by atoms with Gasteiger partial charge in [0.15, 0.2) is 0 Å². The molecule has 1 rings (SSSR count). The number of hydrogen-bond donors (Lipinski definition) is 1. The Kier molecular flexibility index (Phi) is 7.53. The Labute approximate surface area is 123 Å². The van der Waals surface area contributed by atoms with Gasteiger partial charge in [-0.05, 0) is 19.0 Å². The number of aryl methyl sites for hydroxylation is 1. The molecule has 1 aromatic carbocycles. The summed E-state index contributed by atoms with van der Waals surface area (Å²) in [6, 6.07) is 5.89. The fourth-order valence-electron chi connectivity index (χ4n) is 1.84. The molecule has 0 saturated carbocycles. The summed E-state index contributed by atoms with van der Waals surface area (Å²) in [4.78, 5) is 0. The Hall–Kier alpha value is -1.27. The molecule has 0 aliphatic rings. The highest BCUT2D eigenvalue weighted by Gasteiger charge is 2.27. The lowest BCUT2D eigenvalue weighted by Crippen LogP contribution is -2.18. The largest absolute Gasteiger partial charge is 0.493 e. The van der Waals surface area contributed by atoms with Gasteiger partial charge in [-0.25, -0.2) is 0 Å². The minimum Gasteiger partial charge on any atom is -0.493 e. The van der Waals surface area contributed by atoms with Gasteiger partial charge in [-0.1, -0.05) is 25.1 Å². The summed E-state index contributed by atoms with van der Waals surface area (Å²) in [5.74, 6) is 0.800. The van der Waals surface area contributed by atoms with Crippen LogP contribution in [-0.2, 0) is 11.3 Å². The van der Waals surface area contributed by atoms with Crippen molar-refractivity contribution in [1.29, 1.82) is 0 Å². The molecule has 1 N–H and O–H groups in total. The van der Waals surface area contributed by atoms with E-state index in [1.807, 2.05) is 32.0 Å². The molecule has 0 spiro atoms. The molecule has 0 atom stereocenters. The number of alkyl halides is 3. The molecule has 0 aromatic heterocycles. The highest BCUT2D eigenvalue weighted by atomic mass is 19.4. The minimum absolute atomic E-state index is 0.0356. The molecule has 0 amide bonds. The Bertz CT molecular complexity index is 422. The summed E-state index contributed by atoms with van der Waals surface area (Å²) < 4.78 is 45.9. The van der Waals surface area contributed by atoms with E-state index in [2.05, 4.69) is 10.1 Å². The first-order valence-corrected chi connectivity index (χ1v) is 7.00. The molecule has 0 aliphatic heterocycles. The molecule has 0 aliphatic carbocycles. The van der Waals surface area contributed by atoms with Gasteiger partial charge in [0.2, 0.25) is 0 Å². The zero-order chi connectivity index (χ0) is 15.7. The van der Waals surface area contributed by atoms with Crippen molar-refractivity contribution in [2.24, 2.45) is 0 Å². The van der Waals surface area contributed by atoms with Gasteiger partial charge < -0.3 is 14.8 Å². The van der Waals surface area contributed by atoms with Crippen LogP contribution in [0.1, 0.15) is 24.5 Å². The maximum absolute atomic E-state index is 11.9. The maximum atomic E-state index is 11.9. The zero-order valence-corrected chi connectivity index (χ0v) is 12.4. The predicted octanol–water partition coefficient (Wildman–Crippen LogP) is 3.45. The maximum Gasteiger partial charge on any atom is 0.411 e. The van der Waals surface area contributed by atoms with Crippen LogP contribution in [0.15, 0.2) is 18.2 Å². The van der Waals surface area contributed by atoms with E-state index in [0.717, 1.165) is 23.4 Å². The standard InChI is InChI=1S/C15H22F3NO2/c1-3-19-10-13-7-4-6-12(2)14(13)21-9-5-8-20-11-15(16,17)18/h4,6-7,19H,3,5,8-11H2,1-2H3. The summed E-state index contributed by atoms with van der Waals surface area (Å²) in [5.41, 5.74) is 2.06. The summed E-state index contributed by atoms with van der Waals surface area (Å²) in [7, 11) is 0. The molecule has 0 fully saturated rings. The van der Waals surface area contributed by atoms with Gasteiger partial charge in [0.05, 0.1) is 13.2 Å². The van der Waals surface area contributed by atoms with E-state index in [1.165, 1.54) is 0 Å². The van der Waals surface area contributed by atoms with E-state index in [-0.39, 0.29) is 6.61 Å². The Morgan fingerprint density at radius 2 is 1.95 bits per heavy atom. The van der Waals surface area contributed by atoms with Gasteiger partial charge in [0.25, 0.3) is 0 Å². The van der Waals surface area contributed by atoms with Crippen LogP contribution in [0.2, 0.25) is 0 Å². The Morgan fingerprint density at radius 1 is 1.19 bits per heavy atom. The Balaban J connectivity index is 2.37. The predicted molar refractivity (Wildman–Crippen MR) is 75.5 cm³/mol. The number of halogens is 3. The lowest BCUT2D eigenvalue weighted by molar-refractivity contribution is -0.174. The highest BCUT2D eigenvalue weighted by Crippen LogP contribution is 2.23. The van der Waals surface area contributed by atoms with Gasteiger partial charge in [0.1, 0.15) is 12.4 Å². The number of para-hydroxylation sites is 1. The molecular formula is C15H22F3NO2. The minimum atomic E-state index is -4.27. The van der Waals surface area contributed by atoms with Crippen LogP contribution in [0.4, 0.5) is 13.2 Å². The second kappa shape index (κ2) is 8.89. The van der Waals surface area contributed by atoms with Crippen LogP contribution in [0.3, 0.4) is 0 Å². The topological polar surface area (TPSA) is 30.5 Å². The van der Waals surface area contributed by atoms with Crippen LogP contribution in [0.25, 0.3) is 0 Å². The molecular weight excluding hydrogens is 283 g/mol. The number of nitrogens with one attached hydrogen (secondary N) is 1. The van der Waals surface area contributed by atoms with E-state index in [1.54, 1.807) is 0 Å². The summed E-state index contributed by atoms with van der Waals surface area (Å²) >= 11 is 0. The lowest BCUT2D eigenvalue weighted by Gasteiger charge is -2.14. The van der Waals surface area contributed by atoms with E-state index in [9.17, 15) is 13.2 Å². The second-order valence-electron chi connectivity index (χ2n) is 4.71. The quantitative estimate of drug-likeness (QED) is 0.709. The second-order valence-corrected chi connectivity index (χ2v) is 4.71. The highest BCUT2D eigenvalue weighted by molar-refractivity contribution is 5.40. The first kappa shape index (κ1) is 17.8. The molecule has 6 heteroatoms. The molecule has 0 radical (unpaired) electrons. The van der Waals surface area contributed by atoms with Crippen LogP contribution in [0.5, 0.6) is 5.75 Å². The molecule has 21 heavy (non-hydrogen) atoms. The van der Waals surface area contributed by atoms with Crippen LogP contribution < -0.4 is 10.1 Å². The van der Waals surface area contributed by atoms with E-state index in [0.29, 0.717) is 19.6 Å². The molecule has 0 unspecified atom stereocenters. The third kappa shape index (κ3) is 7.34. The SMILES string of the molecule is CCNCc1cccc(C)c1OCCCOCC(F)(F)F. The van der Waals surface area contributed by atoms with Crippen molar-refractivity contribution in [3.05, 3.63) is 29.3 Å². The van der Waals surface area contributed by atoms with E-state index in [4.69, 9.17) is 4.74 Å². The van der Waals surface area contributed by atoms with Gasteiger partial charge >= 0.3 is 6.18 Å². The average molecular weight is 305 g/mol. The number of rotatable bonds is 9.